The quantitative estimate of drug-likeness (QED) is 0.370. The van der Waals surface area contributed by atoms with Crippen molar-refractivity contribution in [1.82, 2.24) is 20.2 Å². The third kappa shape index (κ3) is 5.37. The Morgan fingerprint density at radius 2 is 1.87 bits per heavy atom. The van der Waals surface area contributed by atoms with Crippen molar-refractivity contribution < 1.29 is 9.59 Å². The lowest BCUT2D eigenvalue weighted by Crippen LogP contribution is -2.30. The topological polar surface area (TPSA) is 101 Å². The average Bonchev–Trinajstić information content (AvgIpc) is 3.47. The highest BCUT2D eigenvalue weighted by Gasteiger charge is 2.23. The molecule has 7 nitrogen and oxygen atoms in total. The van der Waals surface area contributed by atoms with Crippen molar-refractivity contribution in [1.29, 1.82) is 0 Å². The molecule has 1 unspecified atom stereocenters. The number of nitrogen functional groups attached to an aromatic ring is 1. The van der Waals surface area contributed by atoms with Gasteiger partial charge in [-0.1, -0.05) is 31.2 Å². The second-order valence-corrected chi connectivity index (χ2v) is 10.1. The van der Waals surface area contributed by atoms with Gasteiger partial charge in [-0.05, 0) is 84.8 Å². The van der Waals surface area contributed by atoms with Gasteiger partial charge in [-0.3, -0.25) is 14.6 Å². The number of fused-ring (bicyclic) bond motifs is 1. The first-order valence-electron chi connectivity index (χ1n) is 13.2. The molecule has 1 atom stereocenters. The minimum absolute atomic E-state index is 0.0612. The Kier molecular flexibility index (Phi) is 7.36. The van der Waals surface area contributed by atoms with Crippen LogP contribution in [0.4, 0.5) is 5.82 Å². The smallest absolute Gasteiger partial charge is 0.254 e. The van der Waals surface area contributed by atoms with E-state index in [0.717, 1.165) is 70.3 Å². The molecule has 0 radical (unpaired) electrons. The molecule has 0 spiro atoms. The number of likely N-dealkylation sites (tertiary alicyclic amines) is 1. The summed E-state index contributed by atoms with van der Waals surface area (Å²) in [6, 6.07) is 19.6. The van der Waals surface area contributed by atoms with Gasteiger partial charge in [0.05, 0.1) is 17.8 Å². The van der Waals surface area contributed by atoms with Gasteiger partial charge in [0.1, 0.15) is 5.82 Å². The summed E-state index contributed by atoms with van der Waals surface area (Å²) in [5, 5.41) is 3.88. The van der Waals surface area contributed by atoms with Crippen LogP contribution in [0, 0.1) is 12.8 Å². The maximum absolute atomic E-state index is 13.3. The maximum Gasteiger partial charge on any atom is 0.254 e. The number of anilines is 1. The zero-order valence-corrected chi connectivity index (χ0v) is 21.9. The molecule has 2 aromatic heterocycles. The number of benzene rings is 2. The number of nitrogens with zero attached hydrogens (tertiary/aromatic N) is 3. The van der Waals surface area contributed by atoms with E-state index in [-0.39, 0.29) is 17.7 Å². The molecular formula is C31H33N5O2. The van der Waals surface area contributed by atoms with Crippen molar-refractivity contribution in [2.75, 3.05) is 18.8 Å². The number of carbonyl (C=O) groups excluding carboxylic acids is 2. The van der Waals surface area contributed by atoms with Gasteiger partial charge in [-0.15, -0.1) is 0 Å². The lowest BCUT2D eigenvalue weighted by molar-refractivity contribution is -0.124. The molecule has 0 aliphatic carbocycles. The van der Waals surface area contributed by atoms with Crippen molar-refractivity contribution in [3.8, 4) is 11.1 Å². The number of amides is 2. The summed E-state index contributed by atoms with van der Waals surface area (Å²) in [5.41, 5.74) is 12.4. The van der Waals surface area contributed by atoms with Crippen LogP contribution < -0.4 is 11.1 Å². The first-order chi connectivity index (χ1) is 18.4. The summed E-state index contributed by atoms with van der Waals surface area (Å²) >= 11 is 0. The molecule has 7 heteroatoms. The molecule has 0 saturated carbocycles. The van der Waals surface area contributed by atoms with Crippen LogP contribution in [-0.4, -0.2) is 39.8 Å². The van der Waals surface area contributed by atoms with Gasteiger partial charge in [0.25, 0.3) is 5.91 Å². The number of hydrogen-bond donors (Lipinski definition) is 2. The van der Waals surface area contributed by atoms with Gasteiger partial charge >= 0.3 is 0 Å². The number of hydrogen-bond acceptors (Lipinski definition) is 5. The average molecular weight is 508 g/mol. The third-order valence-corrected chi connectivity index (χ3v) is 7.26. The molecule has 2 amide bonds. The van der Waals surface area contributed by atoms with E-state index in [1.54, 1.807) is 6.20 Å². The van der Waals surface area contributed by atoms with Gasteiger partial charge in [0.15, 0.2) is 0 Å². The summed E-state index contributed by atoms with van der Waals surface area (Å²) < 4.78 is 0. The second-order valence-electron chi connectivity index (χ2n) is 10.1. The number of pyridine rings is 2. The molecule has 3 N–H and O–H groups in total. The Labute approximate surface area is 223 Å². The standard InChI is InChI=1S/C31H33N5O2/c1-20-8-7-10-26(31(38)36-14-5-6-15-36)28(20)22-11-12-27-23(17-22)18-24(29(32)35-27)16-21(2)30(37)34-19-25-9-3-4-13-33-25/h3-4,7-13,17-18,21H,5-6,14-16,19H2,1-2H3,(H2,32,35)(H,34,37). The molecular weight excluding hydrogens is 474 g/mol. The molecule has 38 heavy (non-hydrogen) atoms. The van der Waals surface area contributed by atoms with Crippen LogP contribution in [0.15, 0.2) is 66.9 Å². The van der Waals surface area contributed by atoms with E-state index in [0.29, 0.717) is 18.8 Å². The minimum atomic E-state index is -0.288. The van der Waals surface area contributed by atoms with Crippen molar-refractivity contribution in [2.24, 2.45) is 5.92 Å². The predicted octanol–water partition coefficient (Wildman–Crippen LogP) is 4.92. The molecule has 3 heterocycles. The highest BCUT2D eigenvalue weighted by atomic mass is 16.2. The molecule has 0 bridgehead atoms. The van der Waals surface area contributed by atoms with Crippen LogP contribution in [0.3, 0.4) is 0 Å². The Hall–Kier alpha value is -4.26. The Bertz CT molecular complexity index is 1480. The fourth-order valence-electron chi connectivity index (χ4n) is 5.15. The number of rotatable bonds is 7. The SMILES string of the molecule is Cc1cccc(C(=O)N2CCCC2)c1-c1ccc2nc(N)c(CC(C)C(=O)NCc3ccccn3)cc2c1. The summed E-state index contributed by atoms with van der Waals surface area (Å²) in [5.74, 6) is 0.164. The van der Waals surface area contributed by atoms with E-state index in [1.165, 1.54) is 0 Å². The normalized spacial score (nSPS) is 14.0. The van der Waals surface area contributed by atoms with E-state index in [9.17, 15) is 9.59 Å². The van der Waals surface area contributed by atoms with E-state index in [1.807, 2.05) is 73.3 Å². The van der Waals surface area contributed by atoms with E-state index < -0.39 is 0 Å². The molecule has 1 aliphatic heterocycles. The third-order valence-electron chi connectivity index (χ3n) is 7.26. The highest BCUT2D eigenvalue weighted by molar-refractivity contribution is 6.02. The van der Waals surface area contributed by atoms with Crippen molar-refractivity contribution in [2.45, 2.75) is 39.7 Å². The van der Waals surface area contributed by atoms with Gasteiger partial charge in [0.2, 0.25) is 5.91 Å². The Morgan fingerprint density at radius 1 is 1.05 bits per heavy atom. The van der Waals surface area contributed by atoms with Gasteiger partial charge in [-0.25, -0.2) is 4.98 Å². The van der Waals surface area contributed by atoms with Gasteiger partial charge in [0, 0.05) is 36.2 Å². The fraction of sp³-hybridized carbons (Fsp3) is 0.290. The Morgan fingerprint density at radius 3 is 2.63 bits per heavy atom. The van der Waals surface area contributed by atoms with Gasteiger partial charge in [-0.2, -0.15) is 0 Å². The predicted molar refractivity (Wildman–Crippen MR) is 150 cm³/mol. The Balaban J connectivity index is 1.40. The molecule has 1 saturated heterocycles. The van der Waals surface area contributed by atoms with Gasteiger partial charge < -0.3 is 16.0 Å². The van der Waals surface area contributed by atoms with E-state index >= 15 is 0 Å². The number of aryl methyl sites for hydroxylation is 1. The zero-order chi connectivity index (χ0) is 26.6. The van der Waals surface area contributed by atoms with Crippen LogP contribution >= 0.6 is 0 Å². The summed E-state index contributed by atoms with van der Waals surface area (Å²) in [6.07, 6.45) is 4.29. The maximum atomic E-state index is 13.3. The lowest BCUT2D eigenvalue weighted by Gasteiger charge is -2.19. The van der Waals surface area contributed by atoms with Crippen molar-refractivity contribution >= 4 is 28.5 Å². The zero-order valence-electron chi connectivity index (χ0n) is 21.9. The van der Waals surface area contributed by atoms with Crippen molar-refractivity contribution in [3.05, 3.63) is 89.2 Å². The first-order valence-corrected chi connectivity index (χ1v) is 13.2. The second kappa shape index (κ2) is 11.0. The van der Waals surface area contributed by atoms with Crippen LogP contribution in [-0.2, 0) is 17.8 Å². The fourth-order valence-corrected chi connectivity index (χ4v) is 5.15. The van der Waals surface area contributed by atoms with Crippen LogP contribution in [0.5, 0.6) is 0 Å². The summed E-state index contributed by atoms with van der Waals surface area (Å²) in [6.45, 7) is 5.93. The largest absolute Gasteiger partial charge is 0.383 e. The summed E-state index contributed by atoms with van der Waals surface area (Å²) in [4.78, 5) is 36.9. The molecule has 5 rings (SSSR count). The van der Waals surface area contributed by atoms with Crippen LogP contribution in [0.2, 0.25) is 0 Å². The number of nitrogens with one attached hydrogen (secondary N) is 1. The molecule has 1 fully saturated rings. The van der Waals surface area contributed by atoms with Crippen molar-refractivity contribution in [3.63, 3.8) is 0 Å². The molecule has 2 aromatic carbocycles. The van der Waals surface area contributed by atoms with Crippen LogP contribution in [0.1, 0.15) is 46.9 Å². The molecule has 4 aromatic rings. The number of aromatic nitrogens is 2. The lowest BCUT2D eigenvalue weighted by atomic mass is 9.92. The number of nitrogens with two attached hydrogens (primary N) is 1. The molecule has 1 aliphatic rings. The van der Waals surface area contributed by atoms with Crippen LogP contribution in [0.25, 0.3) is 22.0 Å². The minimum Gasteiger partial charge on any atom is -0.383 e. The van der Waals surface area contributed by atoms with E-state index in [4.69, 9.17) is 5.73 Å². The monoisotopic (exact) mass is 507 g/mol. The number of carbonyl (C=O) groups is 2. The molecule has 194 valence electrons. The summed E-state index contributed by atoms with van der Waals surface area (Å²) in [7, 11) is 0. The first kappa shape index (κ1) is 25.4. The highest BCUT2D eigenvalue weighted by Crippen LogP contribution is 2.32. The van der Waals surface area contributed by atoms with E-state index in [2.05, 4.69) is 21.4 Å².